The number of fused-ring (bicyclic) bond motifs is 1. The molecule has 30 heavy (non-hydrogen) atoms. The van der Waals surface area contributed by atoms with Crippen LogP contribution in [0.1, 0.15) is 17.0 Å². The quantitative estimate of drug-likeness (QED) is 0.465. The minimum Gasteiger partial charge on any atom is -0.491 e. The van der Waals surface area contributed by atoms with Gasteiger partial charge in [-0.25, -0.2) is 4.98 Å². The number of aliphatic hydroxyl groups is 1. The minimum absolute atomic E-state index is 0.202. The number of aliphatic hydroxyl groups excluding tert-OH is 1. The topological polar surface area (TPSA) is 56.5 Å². The smallest absolute Gasteiger partial charge is 0.148 e. The molecule has 0 bridgehead atoms. The van der Waals surface area contributed by atoms with Crippen molar-refractivity contribution in [3.8, 4) is 11.5 Å². The normalized spacial score (nSPS) is 12.1. The first-order valence-electron chi connectivity index (χ1n) is 10.1. The highest BCUT2D eigenvalue weighted by atomic mass is 16.5. The molecular formula is C25H26N2O3. The summed E-state index contributed by atoms with van der Waals surface area (Å²) < 4.78 is 13.8. The van der Waals surface area contributed by atoms with Crippen molar-refractivity contribution in [3.05, 3.63) is 89.7 Å². The third-order valence-electron chi connectivity index (χ3n) is 5.01. The third kappa shape index (κ3) is 4.63. The highest BCUT2D eigenvalue weighted by Crippen LogP contribution is 2.21. The van der Waals surface area contributed by atoms with Gasteiger partial charge in [0.25, 0.3) is 0 Å². The van der Waals surface area contributed by atoms with Crippen LogP contribution in [0.4, 0.5) is 0 Å². The molecule has 4 aromatic rings. The molecule has 1 N–H and O–H groups in total. The van der Waals surface area contributed by atoms with Crippen molar-refractivity contribution in [3.63, 3.8) is 0 Å². The summed E-state index contributed by atoms with van der Waals surface area (Å²) in [6, 6.07) is 23.6. The fraction of sp³-hybridized carbons (Fsp3) is 0.240. The molecule has 1 aromatic heterocycles. The lowest BCUT2D eigenvalue weighted by atomic mass is 10.2. The van der Waals surface area contributed by atoms with E-state index < -0.39 is 6.10 Å². The SMILES string of the molecule is Cc1cccc(OCC(O)Cn2c(COc3ccccc3C)nc3ccccc32)c1. The van der Waals surface area contributed by atoms with E-state index in [1.165, 1.54) is 0 Å². The van der Waals surface area contributed by atoms with Crippen LogP contribution in [0, 0.1) is 13.8 Å². The second kappa shape index (κ2) is 9.01. The first-order valence-corrected chi connectivity index (χ1v) is 10.1. The largest absolute Gasteiger partial charge is 0.491 e. The van der Waals surface area contributed by atoms with Gasteiger partial charge in [-0.2, -0.15) is 0 Å². The lowest BCUT2D eigenvalue weighted by Crippen LogP contribution is -2.25. The monoisotopic (exact) mass is 402 g/mol. The molecule has 0 saturated carbocycles. The number of para-hydroxylation sites is 3. The first kappa shape index (κ1) is 20.0. The minimum atomic E-state index is -0.680. The molecule has 0 aliphatic rings. The molecule has 1 heterocycles. The molecule has 0 aliphatic carbocycles. The van der Waals surface area contributed by atoms with E-state index in [2.05, 4.69) is 0 Å². The Hall–Kier alpha value is -3.31. The van der Waals surface area contributed by atoms with E-state index in [1.807, 2.05) is 91.2 Å². The third-order valence-corrected chi connectivity index (χ3v) is 5.01. The van der Waals surface area contributed by atoms with Gasteiger partial charge in [-0.05, 0) is 55.3 Å². The molecule has 1 unspecified atom stereocenters. The van der Waals surface area contributed by atoms with Crippen LogP contribution in [-0.2, 0) is 13.2 Å². The van der Waals surface area contributed by atoms with Crippen LogP contribution in [-0.4, -0.2) is 27.4 Å². The lowest BCUT2D eigenvalue weighted by Gasteiger charge is -2.16. The maximum Gasteiger partial charge on any atom is 0.148 e. The standard InChI is InChI=1S/C25H26N2O3/c1-18-8-7-10-21(14-18)29-16-20(28)15-27-23-12-5-4-11-22(23)26-25(27)17-30-24-13-6-3-9-19(24)2/h3-14,20,28H,15-17H2,1-2H3. The summed E-state index contributed by atoms with van der Waals surface area (Å²) in [6.45, 7) is 4.93. The van der Waals surface area contributed by atoms with Crippen molar-refractivity contribution in [2.24, 2.45) is 0 Å². The van der Waals surface area contributed by atoms with Crippen molar-refractivity contribution in [2.45, 2.75) is 33.1 Å². The summed E-state index contributed by atoms with van der Waals surface area (Å²) in [5, 5.41) is 10.7. The molecule has 5 nitrogen and oxygen atoms in total. The molecule has 0 fully saturated rings. The van der Waals surface area contributed by atoms with Crippen molar-refractivity contribution >= 4 is 11.0 Å². The Morgan fingerprint density at radius 2 is 1.73 bits per heavy atom. The van der Waals surface area contributed by atoms with Gasteiger partial charge in [0.2, 0.25) is 0 Å². The van der Waals surface area contributed by atoms with E-state index in [4.69, 9.17) is 14.5 Å². The fourth-order valence-electron chi connectivity index (χ4n) is 3.46. The van der Waals surface area contributed by atoms with E-state index in [-0.39, 0.29) is 6.61 Å². The average molecular weight is 402 g/mol. The summed E-state index contributed by atoms with van der Waals surface area (Å²) >= 11 is 0. The number of benzene rings is 3. The van der Waals surface area contributed by atoms with Gasteiger partial charge in [-0.15, -0.1) is 0 Å². The Morgan fingerprint density at radius 1 is 0.933 bits per heavy atom. The number of aryl methyl sites for hydroxylation is 2. The number of imidazole rings is 1. The van der Waals surface area contributed by atoms with Crippen LogP contribution in [0.15, 0.2) is 72.8 Å². The van der Waals surface area contributed by atoms with Crippen LogP contribution in [0.5, 0.6) is 11.5 Å². The van der Waals surface area contributed by atoms with Crippen LogP contribution < -0.4 is 9.47 Å². The van der Waals surface area contributed by atoms with E-state index in [1.54, 1.807) is 0 Å². The molecule has 154 valence electrons. The molecule has 1 atom stereocenters. The van der Waals surface area contributed by atoms with Crippen LogP contribution >= 0.6 is 0 Å². The van der Waals surface area contributed by atoms with Gasteiger partial charge >= 0.3 is 0 Å². The Balaban J connectivity index is 1.50. The number of rotatable bonds is 8. The Kier molecular flexibility index (Phi) is 6.00. The fourth-order valence-corrected chi connectivity index (χ4v) is 3.46. The van der Waals surface area contributed by atoms with Gasteiger partial charge < -0.3 is 19.1 Å². The Morgan fingerprint density at radius 3 is 2.57 bits per heavy atom. The first-order chi connectivity index (χ1) is 14.6. The molecule has 0 spiro atoms. The van der Waals surface area contributed by atoms with Gasteiger partial charge in [0.1, 0.15) is 36.6 Å². The van der Waals surface area contributed by atoms with Gasteiger partial charge in [0, 0.05) is 0 Å². The van der Waals surface area contributed by atoms with E-state index in [0.717, 1.165) is 39.5 Å². The second-order valence-electron chi connectivity index (χ2n) is 7.46. The van der Waals surface area contributed by atoms with Crippen molar-refractivity contribution in [1.82, 2.24) is 9.55 Å². The maximum atomic E-state index is 10.7. The summed E-state index contributed by atoms with van der Waals surface area (Å²) in [5.74, 6) is 2.36. The van der Waals surface area contributed by atoms with Gasteiger partial charge in [0.15, 0.2) is 0 Å². The average Bonchev–Trinajstić information content (AvgIpc) is 3.09. The summed E-state index contributed by atoms with van der Waals surface area (Å²) in [6.07, 6.45) is -0.680. The molecule has 0 saturated heterocycles. The number of ether oxygens (including phenoxy) is 2. The summed E-state index contributed by atoms with van der Waals surface area (Å²) in [7, 11) is 0. The molecule has 0 amide bonds. The summed E-state index contributed by atoms with van der Waals surface area (Å²) in [4.78, 5) is 4.73. The molecule has 5 heteroatoms. The van der Waals surface area contributed by atoms with Gasteiger partial charge in [-0.1, -0.05) is 42.5 Å². The molecular weight excluding hydrogens is 376 g/mol. The van der Waals surface area contributed by atoms with Crippen LogP contribution in [0.3, 0.4) is 0 Å². The number of nitrogens with zero attached hydrogens (tertiary/aromatic N) is 2. The van der Waals surface area contributed by atoms with Crippen molar-refractivity contribution in [1.29, 1.82) is 0 Å². The van der Waals surface area contributed by atoms with Crippen molar-refractivity contribution in [2.75, 3.05) is 6.61 Å². The predicted octanol–water partition coefficient (Wildman–Crippen LogP) is 4.67. The number of hydrogen-bond acceptors (Lipinski definition) is 4. The van der Waals surface area contributed by atoms with Crippen molar-refractivity contribution < 1.29 is 14.6 Å². The Labute approximate surface area is 176 Å². The molecule has 0 aliphatic heterocycles. The zero-order valence-electron chi connectivity index (χ0n) is 17.3. The highest BCUT2D eigenvalue weighted by Gasteiger charge is 2.15. The van der Waals surface area contributed by atoms with E-state index in [9.17, 15) is 5.11 Å². The number of aromatic nitrogens is 2. The predicted molar refractivity (Wildman–Crippen MR) is 118 cm³/mol. The highest BCUT2D eigenvalue weighted by molar-refractivity contribution is 5.75. The Bertz CT molecular complexity index is 1140. The van der Waals surface area contributed by atoms with E-state index >= 15 is 0 Å². The maximum absolute atomic E-state index is 10.7. The van der Waals surface area contributed by atoms with Crippen LogP contribution in [0.2, 0.25) is 0 Å². The molecule has 3 aromatic carbocycles. The van der Waals surface area contributed by atoms with Crippen LogP contribution in [0.25, 0.3) is 11.0 Å². The molecule has 4 rings (SSSR count). The second-order valence-corrected chi connectivity index (χ2v) is 7.46. The lowest BCUT2D eigenvalue weighted by molar-refractivity contribution is 0.0917. The zero-order chi connectivity index (χ0) is 20.9. The zero-order valence-corrected chi connectivity index (χ0v) is 17.3. The summed E-state index contributed by atoms with van der Waals surface area (Å²) in [5.41, 5.74) is 4.05. The van der Waals surface area contributed by atoms with Gasteiger partial charge in [0.05, 0.1) is 17.6 Å². The van der Waals surface area contributed by atoms with Gasteiger partial charge in [-0.3, -0.25) is 0 Å². The number of hydrogen-bond donors (Lipinski definition) is 1. The molecule has 0 radical (unpaired) electrons. The van der Waals surface area contributed by atoms with E-state index in [0.29, 0.717) is 13.2 Å².